The van der Waals surface area contributed by atoms with Crippen molar-refractivity contribution in [1.82, 2.24) is 9.29 Å². The Morgan fingerprint density at radius 2 is 1.95 bits per heavy atom. The van der Waals surface area contributed by atoms with Crippen LogP contribution in [0.5, 0.6) is 0 Å². The highest BCUT2D eigenvalue weighted by Gasteiger charge is 2.23. The predicted molar refractivity (Wildman–Crippen MR) is 76.4 cm³/mol. The fraction of sp³-hybridized carbons (Fsp3) is 0.250. The summed E-state index contributed by atoms with van der Waals surface area (Å²) in [5.41, 5.74) is 7.15. The van der Waals surface area contributed by atoms with Crippen molar-refractivity contribution in [3.05, 3.63) is 41.0 Å². The molecule has 0 aliphatic carbocycles. The molecule has 2 N–H and O–H groups in total. The van der Waals surface area contributed by atoms with Crippen molar-refractivity contribution in [3.63, 3.8) is 0 Å². The van der Waals surface area contributed by atoms with Gasteiger partial charge in [-0.25, -0.2) is 13.4 Å². The normalized spacial score (nSPS) is 11.9. The van der Waals surface area contributed by atoms with Crippen molar-refractivity contribution in [3.8, 4) is 0 Å². The molecular weight excluding hydrogens is 282 g/mol. The Morgan fingerprint density at radius 3 is 2.47 bits per heavy atom. The van der Waals surface area contributed by atoms with E-state index in [0.717, 1.165) is 10.6 Å². The smallest absolute Gasteiger partial charge is 0.254 e. The molecule has 0 fully saturated rings. The number of rotatable bonds is 4. The first-order chi connectivity index (χ1) is 8.89. The molecule has 7 heteroatoms. The first kappa shape index (κ1) is 14.0. The van der Waals surface area contributed by atoms with Gasteiger partial charge in [-0.05, 0) is 24.6 Å². The number of aromatic nitrogens is 1. The van der Waals surface area contributed by atoms with Crippen LogP contribution in [0.2, 0.25) is 0 Å². The van der Waals surface area contributed by atoms with Crippen LogP contribution in [-0.2, 0) is 16.6 Å². The Kier molecular flexibility index (Phi) is 3.88. The molecule has 1 aromatic heterocycles. The minimum atomic E-state index is -3.47. The van der Waals surface area contributed by atoms with Gasteiger partial charge in [-0.15, -0.1) is 11.3 Å². The minimum absolute atomic E-state index is 0.267. The summed E-state index contributed by atoms with van der Waals surface area (Å²) in [6, 6.07) is 7.15. The molecule has 0 saturated heterocycles. The molecule has 0 saturated carbocycles. The molecule has 0 bridgehead atoms. The van der Waals surface area contributed by atoms with Gasteiger partial charge in [-0.3, -0.25) is 0 Å². The number of benzene rings is 1. The summed E-state index contributed by atoms with van der Waals surface area (Å²) in [7, 11) is -1.91. The van der Waals surface area contributed by atoms with Crippen LogP contribution in [0.15, 0.2) is 34.7 Å². The van der Waals surface area contributed by atoms with Gasteiger partial charge < -0.3 is 5.73 Å². The molecule has 5 nitrogen and oxygen atoms in total. The number of sulfonamides is 1. The zero-order valence-electron chi connectivity index (χ0n) is 10.7. The average molecular weight is 297 g/mol. The van der Waals surface area contributed by atoms with Gasteiger partial charge in [0.15, 0.2) is 4.21 Å². The number of nitrogen functional groups attached to an aromatic ring is 1. The Bertz CT molecular complexity index is 663. The summed E-state index contributed by atoms with van der Waals surface area (Å²) >= 11 is 1.18. The molecular formula is C12H15N3O2S2. The lowest BCUT2D eigenvalue weighted by molar-refractivity contribution is 0.468. The monoisotopic (exact) mass is 297 g/mol. The number of nitrogens with zero attached hydrogens (tertiary/aromatic N) is 2. The third kappa shape index (κ3) is 3.12. The summed E-state index contributed by atoms with van der Waals surface area (Å²) in [5.74, 6) is 0. The Labute approximate surface area is 116 Å². The van der Waals surface area contributed by atoms with E-state index in [0.29, 0.717) is 12.2 Å². The van der Waals surface area contributed by atoms with Crippen LogP contribution >= 0.6 is 11.3 Å². The number of hydrogen-bond acceptors (Lipinski definition) is 5. The van der Waals surface area contributed by atoms with Crippen molar-refractivity contribution in [1.29, 1.82) is 0 Å². The lowest BCUT2D eigenvalue weighted by Gasteiger charge is -2.15. The third-order valence-electron chi connectivity index (χ3n) is 2.65. The van der Waals surface area contributed by atoms with Crippen molar-refractivity contribution in [2.75, 3.05) is 12.8 Å². The van der Waals surface area contributed by atoms with E-state index in [9.17, 15) is 8.42 Å². The van der Waals surface area contributed by atoms with Gasteiger partial charge >= 0.3 is 0 Å². The zero-order valence-corrected chi connectivity index (χ0v) is 12.3. The second-order valence-electron chi connectivity index (χ2n) is 4.20. The van der Waals surface area contributed by atoms with Gasteiger partial charge in [-0.2, -0.15) is 4.31 Å². The molecule has 0 aliphatic rings. The minimum Gasteiger partial charge on any atom is -0.399 e. The fourth-order valence-corrected chi connectivity index (χ4v) is 4.06. The van der Waals surface area contributed by atoms with Crippen LogP contribution in [0.3, 0.4) is 0 Å². The zero-order chi connectivity index (χ0) is 14.0. The van der Waals surface area contributed by atoms with Gasteiger partial charge in [0.1, 0.15) is 0 Å². The van der Waals surface area contributed by atoms with E-state index in [4.69, 9.17) is 5.73 Å². The van der Waals surface area contributed by atoms with Gasteiger partial charge in [0, 0.05) is 19.3 Å². The van der Waals surface area contributed by atoms with E-state index in [1.807, 2.05) is 12.1 Å². The molecule has 2 rings (SSSR count). The number of hydrogen-bond donors (Lipinski definition) is 1. The SMILES string of the molecule is Cc1ncc(S(=O)(=O)N(C)Cc2ccc(N)cc2)s1. The number of anilines is 1. The standard InChI is InChI=1S/C12H15N3O2S2/c1-9-14-7-12(18-9)19(16,17)15(2)8-10-3-5-11(13)6-4-10/h3-7H,8,13H2,1-2H3. The van der Waals surface area contributed by atoms with E-state index in [-0.39, 0.29) is 4.21 Å². The van der Waals surface area contributed by atoms with E-state index < -0.39 is 10.0 Å². The Hall–Kier alpha value is -1.44. The van der Waals surface area contributed by atoms with Crippen LogP contribution in [0.1, 0.15) is 10.6 Å². The van der Waals surface area contributed by atoms with E-state index in [2.05, 4.69) is 4.98 Å². The quantitative estimate of drug-likeness (QED) is 0.874. The van der Waals surface area contributed by atoms with Crippen molar-refractivity contribution in [2.45, 2.75) is 17.7 Å². The molecule has 1 aromatic carbocycles. The highest BCUT2D eigenvalue weighted by Crippen LogP contribution is 2.22. The molecule has 0 aliphatic heterocycles. The average Bonchev–Trinajstić information content (AvgIpc) is 2.79. The maximum absolute atomic E-state index is 12.3. The summed E-state index contributed by atoms with van der Waals surface area (Å²) in [6.45, 7) is 2.09. The summed E-state index contributed by atoms with van der Waals surface area (Å²) in [5, 5.41) is 0.736. The molecule has 102 valence electrons. The van der Waals surface area contributed by atoms with Crippen molar-refractivity contribution < 1.29 is 8.42 Å². The van der Waals surface area contributed by atoms with Crippen LogP contribution in [0.4, 0.5) is 5.69 Å². The first-order valence-electron chi connectivity index (χ1n) is 5.63. The first-order valence-corrected chi connectivity index (χ1v) is 7.88. The number of nitrogens with two attached hydrogens (primary N) is 1. The van der Waals surface area contributed by atoms with Gasteiger partial charge in [0.2, 0.25) is 0 Å². The van der Waals surface area contributed by atoms with Gasteiger partial charge in [0.05, 0.1) is 11.2 Å². The summed E-state index contributed by atoms with van der Waals surface area (Å²) in [4.78, 5) is 3.98. The van der Waals surface area contributed by atoms with E-state index >= 15 is 0 Å². The van der Waals surface area contributed by atoms with Gasteiger partial charge in [0.25, 0.3) is 10.0 Å². The maximum Gasteiger partial charge on any atom is 0.254 e. The Morgan fingerprint density at radius 1 is 1.32 bits per heavy atom. The molecule has 0 spiro atoms. The molecule has 1 heterocycles. The number of thiazole rings is 1. The predicted octanol–water partition coefficient (Wildman–Crippen LogP) is 1.85. The molecule has 0 unspecified atom stereocenters. The number of aryl methyl sites for hydroxylation is 1. The maximum atomic E-state index is 12.3. The molecule has 2 aromatic rings. The molecule has 0 radical (unpaired) electrons. The fourth-order valence-electron chi connectivity index (χ4n) is 1.58. The summed E-state index contributed by atoms with van der Waals surface area (Å²) < 4.78 is 26.2. The highest BCUT2D eigenvalue weighted by molar-refractivity contribution is 7.91. The Balaban J connectivity index is 2.19. The van der Waals surface area contributed by atoms with E-state index in [1.54, 1.807) is 26.1 Å². The molecule has 19 heavy (non-hydrogen) atoms. The summed E-state index contributed by atoms with van der Waals surface area (Å²) in [6.07, 6.45) is 1.40. The van der Waals surface area contributed by atoms with E-state index in [1.165, 1.54) is 21.8 Å². The third-order valence-corrected chi connectivity index (χ3v) is 5.80. The van der Waals surface area contributed by atoms with Crippen molar-refractivity contribution >= 4 is 27.0 Å². The molecule has 0 amide bonds. The lowest BCUT2D eigenvalue weighted by Crippen LogP contribution is -2.25. The topological polar surface area (TPSA) is 76.3 Å². The lowest BCUT2D eigenvalue weighted by atomic mass is 10.2. The van der Waals surface area contributed by atoms with Crippen LogP contribution in [0, 0.1) is 6.92 Å². The van der Waals surface area contributed by atoms with Crippen LogP contribution < -0.4 is 5.73 Å². The largest absolute Gasteiger partial charge is 0.399 e. The van der Waals surface area contributed by atoms with Crippen LogP contribution in [-0.4, -0.2) is 24.8 Å². The van der Waals surface area contributed by atoms with Crippen LogP contribution in [0.25, 0.3) is 0 Å². The second kappa shape index (κ2) is 5.28. The highest BCUT2D eigenvalue weighted by atomic mass is 32.2. The van der Waals surface area contributed by atoms with Crippen molar-refractivity contribution in [2.24, 2.45) is 0 Å². The van der Waals surface area contributed by atoms with Gasteiger partial charge in [-0.1, -0.05) is 12.1 Å². The second-order valence-corrected chi connectivity index (χ2v) is 7.71. The molecule has 0 atom stereocenters.